The second-order valence-corrected chi connectivity index (χ2v) is 7.08. The van der Waals surface area contributed by atoms with Crippen LogP contribution in [0.15, 0.2) is 23.2 Å². The summed E-state index contributed by atoms with van der Waals surface area (Å²) in [5.74, 6) is 0.374. The van der Waals surface area contributed by atoms with E-state index < -0.39 is 18.2 Å². The van der Waals surface area contributed by atoms with Crippen LogP contribution in [-0.4, -0.2) is 50.6 Å². The number of benzene rings is 1. The SMILES string of the molecule is CCNC(=NCC(O)c1cc(OC)ccc1OC)NC1CCC(C(F)(F)F)CC1. The van der Waals surface area contributed by atoms with Gasteiger partial charge in [-0.3, -0.25) is 4.99 Å². The van der Waals surface area contributed by atoms with Crippen LogP contribution in [0.5, 0.6) is 11.5 Å². The maximum Gasteiger partial charge on any atom is 0.391 e. The number of nitrogens with one attached hydrogen (secondary N) is 2. The zero-order chi connectivity index (χ0) is 21.4. The molecule has 0 aromatic heterocycles. The van der Waals surface area contributed by atoms with E-state index in [0.29, 0.717) is 42.4 Å². The van der Waals surface area contributed by atoms with Gasteiger partial charge in [-0.05, 0) is 50.8 Å². The monoisotopic (exact) mass is 417 g/mol. The lowest BCUT2D eigenvalue weighted by Crippen LogP contribution is -2.46. The van der Waals surface area contributed by atoms with E-state index in [9.17, 15) is 18.3 Å². The summed E-state index contributed by atoms with van der Waals surface area (Å²) in [6.07, 6.45) is -3.95. The first-order chi connectivity index (χ1) is 13.8. The van der Waals surface area contributed by atoms with E-state index in [4.69, 9.17) is 9.47 Å². The highest BCUT2D eigenvalue weighted by molar-refractivity contribution is 5.80. The molecule has 0 saturated heterocycles. The lowest BCUT2D eigenvalue weighted by atomic mass is 9.85. The molecule has 1 aliphatic carbocycles. The second kappa shape index (κ2) is 10.6. The van der Waals surface area contributed by atoms with Crippen LogP contribution >= 0.6 is 0 Å². The average molecular weight is 417 g/mol. The van der Waals surface area contributed by atoms with Crippen LogP contribution in [0.25, 0.3) is 0 Å². The molecule has 0 bridgehead atoms. The molecule has 0 radical (unpaired) electrons. The number of aliphatic hydroxyl groups is 1. The van der Waals surface area contributed by atoms with Gasteiger partial charge in [0.1, 0.15) is 17.6 Å². The third kappa shape index (κ3) is 6.69. The van der Waals surface area contributed by atoms with Crippen molar-refractivity contribution in [2.45, 2.75) is 50.9 Å². The Labute approximate surface area is 169 Å². The molecule has 9 heteroatoms. The predicted molar refractivity (Wildman–Crippen MR) is 105 cm³/mol. The maximum absolute atomic E-state index is 12.8. The molecule has 3 N–H and O–H groups in total. The zero-order valence-corrected chi connectivity index (χ0v) is 17.1. The minimum Gasteiger partial charge on any atom is -0.497 e. The minimum absolute atomic E-state index is 0.0662. The molecule has 29 heavy (non-hydrogen) atoms. The molecule has 1 aliphatic rings. The van der Waals surface area contributed by atoms with Crippen LogP contribution in [0.2, 0.25) is 0 Å². The predicted octanol–water partition coefficient (Wildman–Crippen LogP) is 3.41. The van der Waals surface area contributed by atoms with Crippen LogP contribution in [0.4, 0.5) is 13.2 Å². The van der Waals surface area contributed by atoms with E-state index in [-0.39, 0.29) is 25.4 Å². The number of aliphatic hydroxyl groups excluding tert-OH is 1. The highest BCUT2D eigenvalue weighted by atomic mass is 19.4. The molecule has 0 spiro atoms. The van der Waals surface area contributed by atoms with Gasteiger partial charge in [0.2, 0.25) is 0 Å². The van der Waals surface area contributed by atoms with Crippen LogP contribution < -0.4 is 20.1 Å². The second-order valence-electron chi connectivity index (χ2n) is 7.08. The molecule has 1 aromatic rings. The van der Waals surface area contributed by atoms with Gasteiger partial charge in [-0.25, -0.2) is 0 Å². The lowest BCUT2D eigenvalue weighted by molar-refractivity contribution is -0.182. The summed E-state index contributed by atoms with van der Waals surface area (Å²) in [7, 11) is 3.06. The maximum atomic E-state index is 12.8. The van der Waals surface area contributed by atoms with E-state index in [2.05, 4.69) is 15.6 Å². The van der Waals surface area contributed by atoms with Crippen LogP contribution in [0.1, 0.15) is 44.3 Å². The fourth-order valence-electron chi connectivity index (χ4n) is 3.45. The van der Waals surface area contributed by atoms with Gasteiger partial charge in [0.05, 0.1) is 26.7 Å². The van der Waals surface area contributed by atoms with Gasteiger partial charge in [0, 0.05) is 18.2 Å². The number of rotatable bonds is 7. The van der Waals surface area contributed by atoms with Crippen LogP contribution in [0, 0.1) is 5.92 Å². The lowest BCUT2D eigenvalue weighted by Gasteiger charge is -2.31. The molecule has 1 aromatic carbocycles. The number of methoxy groups -OCH3 is 2. The third-order valence-corrected chi connectivity index (χ3v) is 5.09. The first kappa shape index (κ1) is 23.1. The standard InChI is InChI=1S/C20H30F3N3O3/c1-4-24-19(26-14-7-5-13(6-8-14)20(21,22)23)25-12-17(27)16-11-15(28-2)9-10-18(16)29-3/h9-11,13-14,17,27H,4-8,12H2,1-3H3,(H2,24,25,26). The Morgan fingerprint density at radius 3 is 2.45 bits per heavy atom. The fraction of sp³-hybridized carbons (Fsp3) is 0.650. The van der Waals surface area contributed by atoms with Crippen molar-refractivity contribution in [1.82, 2.24) is 10.6 Å². The van der Waals surface area contributed by atoms with Gasteiger partial charge < -0.3 is 25.2 Å². The van der Waals surface area contributed by atoms with Crippen molar-refractivity contribution in [3.63, 3.8) is 0 Å². The number of ether oxygens (including phenoxy) is 2. The van der Waals surface area contributed by atoms with Gasteiger partial charge in [0.25, 0.3) is 0 Å². The number of hydrogen-bond donors (Lipinski definition) is 3. The molecular weight excluding hydrogens is 387 g/mol. The summed E-state index contributed by atoms with van der Waals surface area (Å²) in [6, 6.07) is 5.07. The third-order valence-electron chi connectivity index (χ3n) is 5.09. The minimum atomic E-state index is -4.12. The molecule has 1 unspecified atom stereocenters. The number of aliphatic imine (C=N–C) groups is 1. The highest BCUT2D eigenvalue weighted by Crippen LogP contribution is 2.37. The smallest absolute Gasteiger partial charge is 0.391 e. The van der Waals surface area contributed by atoms with Crippen molar-refractivity contribution in [3.8, 4) is 11.5 Å². The van der Waals surface area contributed by atoms with Gasteiger partial charge in [0.15, 0.2) is 5.96 Å². The van der Waals surface area contributed by atoms with Gasteiger partial charge in [-0.1, -0.05) is 0 Å². The molecule has 0 heterocycles. The molecule has 2 rings (SSSR count). The Balaban J connectivity index is 2.00. The molecular formula is C20H30F3N3O3. The molecule has 1 atom stereocenters. The molecule has 0 aliphatic heterocycles. The average Bonchev–Trinajstić information content (AvgIpc) is 2.71. The number of alkyl halides is 3. The highest BCUT2D eigenvalue weighted by Gasteiger charge is 2.41. The number of halogens is 3. The quantitative estimate of drug-likeness (QED) is 0.468. The normalized spacial score (nSPS) is 21.4. The van der Waals surface area contributed by atoms with Crippen molar-refractivity contribution in [2.24, 2.45) is 10.9 Å². The molecule has 0 amide bonds. The molecule has 6 nitrogen and oxygen atoms in total. The van der Waals surface area contributed by atoms with E-state index >= 15 is 0 Å². The Morgan fingerprint density at radius 1 is 1.21 bits per heavy atom. The van der Waals surface area contributed by atoms with Crippen molar-refractivity contribution >= 4 is 5.96 Å². The first-order valence-corrected chi connectivity index (χ1v) is 9.80. The van der Waals surface area contributed by atoms with E-state index in [1.807, 2.05) is 6.92 Å². The molecule has 1 fully saturated rings. The largest absolute Gasteiger partial charge is 0.497 e. The van der Waals surface area contributed by atoms with Gasteiger partial charge >= 0.3 is 6.18 Å². The summed E-state index contributed by atoms with van der Waals surface area (Å²) < 4.78 is 49.0. The topological polar surface area (TPSA) is 75.1 Å². The Kier molecular flexibility index (Phi) is 8.43. The summed E-state index contributed by atoms with van der Waals surface area (Å²) >= 11 is 0. The summed E-state index contributed by atoms with van der Waals surface area (Å²) in [5, 5.41) is 16.8. The number of hydrogen-bond acceptors (Lipinski definition) is 4. The van der Waals surface area contributed by atoms with Crippen molar-refractivity contribution in [3.05, 3.63) is 23.8 Å². The molecule has 1 saturated carbocycles. The number of guanidine groups is 1. The fourth-order valence-corrected chi connectivity index (χ4v) is 3.45. The van der Waals surface area contributed by atoms with E-state index in [1.165, 1.54) is 14.2 Å². The van der Waals surface area contributed by atoms with Crippen LogP contribution in [0.3, 0.4) is 0 Å². The Hall–Kier alpha value is -2.16. The van der Waals surface area contributed by atoms with Gasteiger partial charge in [-0.15, -0.1) is 0 Å². The van der Waals surface area contributed by atoms with Crippen molar-refractivity contribution in [2.75, 3.05) is 27.3 Å². The van der Waals surface area contributed by atoms with Crippen molar-refractivity contribution in [1.29, 1.82) is 0 Å². The van der Waals surface area contributed by atoms with E-state index in [0.717, 1.165) is 0 Å². The molecule has 164 valence electrons. The summed E-state index contributed by atoms with van der Waals surface area (Å²) in [5.41, 5.74) is 0.553. The number of nitrogens with zero attached hydrogens (tertiary/aromatic N) is 1. The zero-order valence-electron chi connectivity index (χ0n) is 17.1. The first-order valence-electron chi connectivity index (χ1n) is 9.80. The summed E-state index contributed by atoms with van der Waals surface area (Å²) in [6.45, 7) is 2.57. The van der Waals surface area contributed by atoms with Gasteiger partial charge in [-0.2, -0.15) is 13.2 Å². The van der Waals surface area contributed by atoms with E-state index in [1.54, 1.807) is 18.2 Å². The van der Waals surface area contributed by atoms with Crippen LogP contribution in [-0.2, 0) is 0 Å². The Bertz CT molecular complexity index is 675. The Morgan fingerprint density at radius 2 is 1.90 bits per heavy atom. The van der Waals surface area contributed by atoms with Crippen molar-refractivity contribution < 1.29 is 27.8 Å². The summed E-state index contributed by atoms with van der Waals surface area (Å²) in [4.78, 5) is 4.41.